The van der Waals surface area contributed by atoms with Crippen molar-refractivity contribution in [2.75, 3.05) is 57.1 Å². The zero-order chi connectivity index (χ0) is 30.3. The van der Waals surface area contributed by atoms with Crippen LogP contribution in [0.1, 0.15) is 30.9 Å². The molecule has 1 saturated heterocycles. The number of aromatic amines is 1. The van der Waals surface area contributed by atoms with Crippen molar-refractivity contribution in [2.45, 2.75) is 32.4 Å². The molecule has 3 amide bonds. The molecule has 2 atom stereocenters. The number of hydrogen-bond acceptors (Lipinski definition) is 5. The lowest BCUT2D eigenvalue weighted by atomic mass is 9.92. The molecule has 9 nitrogen and oxygen atoms in total. The molecule has 0 bridgehead atoms. The molecule has 1 aliphatic heterocycles. The second-order valence-corrected chi connectivity index (χ2v) is 11.3. The summed E-state index contributed by atoms with van der Waals surface area (Å²) in [5.74, 6) is -0.0107. The summed E-state index contributed by atoms with van der Waals surface area (Å²) in [6.07, 6.45) is 1.93. The van der Waals surface area contributed by atoms with E-state index in [0.29, 0.717) is 31.1 Å². The van der Waals surface area contributed by atoms with Crippen LogP contribution in [0.15, 0.2) is 79.0 Å². The zero-order valence-corrected chi connectivity index (χ0v) is 25.5. The quantitative estimate of drug-likeness (QED) is 0.237. The number of nitrogens with zero attached hydrogens (tertiary/aromatic N) is 3. The number of anilines is 2. The number of nitrogens with one attached hydrogen (secondary N) is 3. The smallest absolute Gasteiger partial charge is 0.318 e. The predicted octanol–water partition coefficient (Wildman–Crippen LogP) is 5.27. The van der Waals surface area contributed by atoms with Gasteiger partial charge in [-0.05, 0) is 62.5 Å². The SMILES string of the molecule is CCOc1ccc(CN(C)C)cc1NC(=O)[C@H](NC(=O)N1CCN(c2ccccc2)CC1)[C@@H](C)c1c[nH]c2ccccc12. The van der Waals surface area contributed by atoms with Gasteiger partial charge in [0.25, 0.3) is 0 Å². The van der Waals surface area contributed by atoms with E-state index < -0.39 is 6.04 Å². The van der Waals surface area contributed by atoms with Crippen LogP contribution in [0.5, 0.6) is 5.75 Å². The molecule has 4 aromatic rings. The van der Waals surface area contributed by atoms with Crippen molar-refractivity contribution >= 4 is 34.2 Å². The Balaban J connectivity index is 1.38. The van der Waals surface area contributed by atoms with Crippen molar-refractivity contribution in [2.24, 2.45) is 0 Å². The number of para-hydroxylation sites is 2. The zero-order valence-electron chi connectivity index (χ0n) is 25.5. The molecule has 5 rings (SSSR count). The molecule has 1 fully saturated rings. The fourth-order valence-corrected chi connectivity index (χ4v) is 5.73. The number of piperazine rings is 1. The molecular formula is C34H42N6O3. The number of ether oxygens (including phenoxy) is 1. The number of urea groups is 1. The summed E-state index contributed by atoms with van der Waals surface area (Å²) in [7, 11) is 4.01. The maximum Gasteiger partial charge on any atom is 0.318 e. The van der Waals surface area contributed by atoms with Gasteiger partial charge in [-0.25, -0.2) is 4.79 Å². The van der Waals surface area contributed by atoms with Gasteiger partial charge in [0.1, 0.15) is 11.8 Å². The van der Waals surface area contributed by atoms with Crippen LogP contribution >= 0.6 is 0 Å². The third-order valence-corrected chi connectivity index (χ3v) is 7.96. The number of rotatable bonds is 10. The van der Waals surface area contributed by atoms with Gasteiger partial charge in [-0.3, -0.25) is 4.79 Å². The molecule has 0 unspecified atom stereocenters. The fourth-order valence-electron chi connectivity index (χ4n) is 5.73. The van der Waals surface area contributed by atoms with E-state index in [0.717, 1.165) is 47.4 Å². The average Bonchev–Trinajstić information content (AvgIpc) is 3.45. The summed E-state index contributed by atoms with van der Waals surface area (Å²) in [6.45, 7) is 7.67. The summed E-state index contributed by atoms with van der Waals surface area (Å²) < 4.78 is 5.86. The Hall–Kier alpha value is -4.50. The van der Waals surface area contributed by atoms with Gasteiger partial charge in [0.15, 0.2) is 0 Å². The average molecular weight is 583 g/mol. The van der Waals surface area contributed by atoms with Crippen molar-refractivity contribution in [1.82, 2.24) is 20.1 Å². The largest absolute Gasteiger partial charge is 0.492 e. The number of amides is 3. The van der Waals surface area contributed by atoms with Crippen LogP contribution < -0.4 is 20.3 Å². The Morgan fingerprint density at radius 2 is 1.70 bits per heavy atom. The Labute approximate surface area is 253 Å². The molecule has 226 valence electrons. The van der Waals surface area contributed by atoms with E-state index in [9.17, 15) is 9.59 Å². The van der Waals surface area contributed by atoms with E-state index in [-0.39, 0.29) is 17.9 Å². The van der Waals surface area contributed by atoms with Gasteiger partial charge < -0.3 is 35.1 Å². The Morgan fingerprint density at radius 1 is 0.977 bits per heavy atom. The number of aromatic nitrogens is 1. The van der Waals surface area contributed by atoms with E-state index in [1.165, 1.54) is 0 Å². The Morgan fingerprint density at radius 3 is 2.42 bits per heavy atom. The first-order valence-electron chi connectivity index (χ1n) is 15.0. The van der Waals surface area contributed by atoms with Gasteiger partial charge in [0.05, 0.1) is 12.3 Å². The van der Waals surface area contributed by atoms with E-state index in [1.807, 2.05) is 94.8 Å². The summed E-state index contributed by atoms with van der Waals surface area (Å²) in [4.78, 5) is 37.2. The highest BCUT2D eigenvalue weighted by Crippen LogP contribution is 2.31. The second-order valence-electron chi connectivity index (χ2n) is 11.3. The highest BCUT2D eigenvalue weighted by atomic mass is 16.5. The van der Waals surface area contributed by atoms with Gasteiger partial charge in [-0.1, -0.05) is 49.4 Å². The lowest BCUT2D eigenvalue weighted by Gasteiger charge is -2.37. The predicted molar refractivity (Wildman–Crippen MR) is 173 cm³/mol. The third kappa shape index (κ3) is 7.11. The fraction of sp³-hybridized carbons (Fsp3) is 0.353. The van der Waals surface area contributed by atoms with Crippen LogP contribution in [0, 0.1) is 0 Å². The summed E-state index contributed by atoms with van der Waals surface area (Å²) in [5, 5.41) is 7.24. The molecule has 1 aliphatic rings. The van der Waals surface area contributed by atoms with Crippen molar-refractivity contribution < 1.29 is 14.3 Å². The van der Waals surface area contributed by atoms with Crippen LogP contribution in [0.25, 0.3) is 10.9 Å². The molecule has 3 aromatic carbocycles. The standard InChI is InChI=1S/C34H42N6O3/c1-5-43-31-16-15-25(23-38(3)4)21-30(31)36-33(41)32(24(2)28-22-35-29-14-10-9-13-27(28)29)37-34(42)40-19-17-39(18-20-40)26-11-7-6-8-12-26/h6-16,21-22,24,32,35H,5,17-20,23H2,1-4H3,(H,36,41)(H,37,42)/t24-,32+/m0/s1. The number of carbonyl (C=O) groups is 2. The molecule has 3 N–H and O–H groups in total. The van der Waals surface area contributed by atoms with Gasteiger partial charge in [-0.15, -0.1) is 0 Å². The first-order chi connectivity index (χ1) is 20.8. The normalized spacial score (nSPS) is 14.9. The lowest BCUT2D eigenvalue weighted by Crippen LogP contribution is -2.56. The van der Waals surface area contributed by atoms with Crippen molar-refractivity contribution in [3.63, 3.8) is 0 Å². The minimum absolute atomic E-state index is 0.244. The van der Waals surface area contributed by atoms with Crippen LogP contribution in [0.3, 0.4) is 0 Å². The number of fused-ring (bicyclic) bond motifs is 1. The van der Waals surface area contributed by atoms with Crippen LogP contribution in [-0.2, 0) is 11.3 Å². The molecular weight excluding hydrogens is 540 g/mol. The van der Waals surface area contributed by atoms with Crippen LogP contribution in [-0.4, -0.2) is 79.6 Å². The number of carbonyl (C=O) groups excluding carboxylic acids is 2. The van der Waals surface area contributed by atoms with Crippen LogP contribution in [0.2, 0.25) is 0 Å². The molecule has 2 heterocycles. The number of H-pyrrole nitrogens is 1. The van der Waals surface area contributed by atoms with E-state index in [1.54, 1.807) is 4.90 Å². The highest BCUT2D eigenvalue weighted by Gasteiger charge is 2.32. The molecule has 0 radical (unpaired) electrons. The minimum atomic E-state index is -0.828. The summed E-state index contributed by atoms with van der Waals surface area (Å²) in [6, 6.07) is 23.0. The molecule has 43 heavy (non-hydrogen) atoms. The van der Waals surface area contributed by atoms with E-state index in [4.69, 9.17) is 4.74 Å². The topological polar surface area (TPSA) is 92.9 Å². The molecule has 0 spiro atoms. The van der Waals surface area contributed by atoms with Crippen molar-refractivity contribution in [3.8, 4) is 5.75 Å². The van der Waals surface area contributed by atoms with E-state index in [2.05, 4.69) is 37.6 Å². The monoisotopic (exact) mass is 582 g/mol. The summed E-state index contributed by atoms with van der Waals surface area (Å²) >= 11 is 0. The lowest BCUT2D eigenvalue weighted by molar-refractivity contribution is -0.118. The summed E-state index contributed by atoms with van der Waals surface area (Å²) in [5.41, 5.74) is 4.74. The first kappa shape index (κ1) is 30.0. The van der Waals surface area contributed by atoms with Gasteiger partial charge in [0.2, 0.25) is 5.91 Å². The number of benzene rings is 3. The second kappa shape index (κ2) is 13.6. The van der Waals surface area contributed by atoms with E-state index >= 15 is 0 Å². The van der Waals surface area contributed by atoms with Crippen LogP contribution in [0.4, 0.5) is 16.2 Å². The number of hydrogen-bond donors (Lipinski definition) is 3. The Bertz CT molecular complexity index is 1530. The first-order valence-corrected chi connectivity index (χ1v) is 15.0. The molecule has 0 saturated carbocycles. The van der Waals surface area contributed by atoms with Gasteiger partial charge >= 0.3 is 6.03 Å². The van der Waals surface area contributed by atoms with Gasteiger partial charge in [0, 0.05) is 61.4 Å². The molecule has 0 aliphatic carbocycles. The van der Waals surface area contributed by atoms with Crippen molar-refractivity contribution in [3.05, 3.63) is 90.1 Å². The van der Waals surface area contributed by atoms with Crippen molar-refractivity contribution in [1.29, 1.82) is 0 Å². The minimum Gasteiger partial charge on any atom is -0.492 e. The maximum atomic E-state index is 14.1. The molecule has 9 heteroatoms. The third-order valence-electron chi connectivity index (χ3n) is 7.96. The molecule has 1 aromatic heterocycles. The highest BCUT2D eigenvalue weighted by molar-refractivity contribution is 5.99. The maximum absolute atomic E-state index is 14.1. The Kier molecular flexibility index (Phi) is 9.51. The van der Waals surface area contributed by atoms with Gasteiger partial charge in [-0.2, -0.15) is 0 Å².